The van der Waals surface area contributed by atoms with E-state index in [0.29, 0.717) is 0 Å². The van der Waals surface area contributed by atoms with Gasteiger partial charge in [0, 0.05) is 24.0 Å². The third-order valence-corrected chi connectivity index (χ3v) is 4.40. The van der Waals surface area contributed by atoms with Gasteiger partial charge in [0.05, 0.1) is 10.7 Å². The van der Waals surface area contributed by atoms with Gasteiger partial charge in [-0.05, 0) is 59.5 Å². The third kappa shape index (κ3) is 5.21. The molecular formula is C15H27N3S. The van der Waals surface area contributed by atoms with Gasteiger partial charge in [-0.1, -0.05) is 0 Å². The Bertz CT molecular complexity index is 394. The van der Waals surface area contributed by atoms with Gasteiger partial charge in [-0.25, -0.2) is 4.98 Å². The topological polar surface area (TPSA) is 28.2 Å². The first-order valence-electron chi connectivity index (χ1n) is 7.31. The average molecular weight is 281 g/mol. The molecule has 0 spiro atoms. The van der Waals surface area contributed by atoms with Gasteiger partial charge in [0.15, 0.2) is 0 Å². The first-order valence-corrected chi connectivity index (χ1v) is 8.19. The van der Waals surface area contributed by atoms with Crippen LogP contribution < -0.4 is 5.32 Å². The lowest BCUT2D eigenvalue weighted by Crippen LogP contribution is -2.44. The molecule has 1 aliphatic heterocycles. The summed E-state index contributed by atoms with van der Waals surface area (Å²) in [5.74, 6) is 0.785. The van der Waals surface area contributed by atoms with Crippen molar-refractivity contribution in [3.05, 3.63) is 16.1 Å². The number of rotatable bonds is 4. The first-order chi connectivity index (χ1) is 8.92. The Labute approximate surface area is 121 Å². The van der Waals surface area contributed by atoms with Crippen LogP contribution in [-0.2, 0) is 6.54 Å². The molecule has 0 bridgehead atoms. The van der Waals surface area contributed by atoms with E-state index in [9.17, 15) is 0 Å². The van der Waals surface area contributed by atoms with Gasteiger partial charge in [-0.2, -0.15) is 0 Å². The SMILES string of the molecule is Cc1nc(CN2CCCC(CNC(C)(C)C)C2)cs1. The van der Waals surface area contributed by atoms with E-state index in [0.717, 1.165) is 19.0 Å². The van der Waals surface area contributed by atoms with E-state index >= 15 is 0 Å². The van der Waals surface area contributed by atoms with Gasteiger partial charge < -0.3 is 5.32 Å². The molecule has 2 heterocycles. The Morgan fingerprint density at radius 2 is 2.26 bits per heavy atom. The molecule has 108 valence electrons. The molecule has 4 heteroatoms. The highest BCUT2D eigenvalue weighted by atomic mass is 32.1. The maximum Gasteiger partial charge on any atom is 0.0897 e. The average Bonchev–Trinajstić information content (AvgIpc) is 2.72. The van der Waals surface area contributed by atoms with Crippen molar-refractivity contribution >= 4 is 11.3 Å². The van der Waals surface area contributed by atoms with Crippen molar-refractivity contribution < 1.29 is 0 Å². The summed E-state index contributed by atoms with van der Waals surface area (Å²) in [4.78, 5) is 7.14. The van der Waals surface area contributed by atoms with Crippen LogP contribution in [0.15, 0.2) is 5.38 Å². The van der Waals surface area contributed by atoms with Crippen molar-refractivity contribution in [2.45, 2.75) is 52.6 Å². The zero-order chi connectivity index (χ0) is 13.9. The van der Waals surface area contributed by atoms with Crippen LogP contribution in [0.1, 0.15) is 44.3 Å². The van der Waals surface area contributed by atoms with E-state index in [1.807, 2.05) is 0 Å². The summed E-state index contributed by atoms with van der Waals surface area (Å²) in [5, 5.41) is 7.02. The first kappa shape index (κ1) is 14.9. The van der Waals surface area contributed by atoms with Crippen molar-refractivity contribution in [3.8, 4) is 0 Å². The zero-order valence-corrected chi connectivity index (χ0v) is 13.5. The van der Waals surface area contributed by atoms with Crippen LogP contribution in [0.3, 0.4) is 0 Å². The van der Waals surface area contributed by atoms with Crippen LogP contribution in [0.25, 0.3) is 0 Å². The molecule has 0 amide bonds. The van der Waals surface area contributed by atoms with E-state index in [-0.39, 0.29) is 5.54 Å². The van der Waals surface area contributed by atoms with Crippen LogP contribution in [-0.4, -0.2) is 35.1 Å². The van der Waals surface area contributed by atoms with Crippen molar-refractivity contribution in [1.29, 1.82) is 0 Å². The van der Waals surface area contributed by atoms with E-state index in [4.69, 9.17) is 0 Å². The molecule has 0 radical (unpaired) electrons. The second-order valence-electron chi connectivity index (χ2n) is 6.73. The molecule has 0 saturated carbocycles. The third-order valence-electron chi connectivity index (χ3n) is 3.58. The fraction of sp³-hybridized carbons (Fsp3) is 0.800. The Hall–Kier alpha value is -0.450. The summed E-state index contributed by atoms with van der Waals surface area (Å²) < 4.78 is 0. The number of aryl methyl sites for hydroxylation is 1. The minimum Gasteiger partial charge on any atom is -0.312 e. The minimum atomic E-state index is 0.230. The number of likely N-dealkylation sites (tertiary alicyclic amines) is 1. The van der Waals surface area contributed by atoms with Crippen LogP contribution in [0.5, 0.6) is 0 Å². The molecule has 1 aromatic heterocycles. The molecular weight excluding hydrogens is 254 g/mol. The predicted octanol–water partition coefficient (Wildman–Crippen LogP) is 3.05. The lowest BCUT2D eigenvalue weighted by atomic mass is 9.96. The smallest absolute Gasteiger partial charge is 0.0897 e. The van der Waals surface area contributed by atoms with E-state index in [2.05, 4.69) is 48.3 Å². The van der Waals surface area contributed by atoms with Gasteiger partial charge in [0.2, 0.25) is 0 Å². The molecule has 1 saturated heterocycles. The number of aromatic nitrogens is 1. The van der Waals surface area contributed by atoms with Gasteiger partial charge >= 0.3 is 0 Å². The quantitative estimate of drug-likeness (QED) is 0.919. The molecule has 2 rings (SSSR count). The lowest BCUT2D eigenvalue weighted by molar-refractivity contribution is 0.158. The molecule has 1 aliphatic rings. The van der Waals surface area contributed by atoms with E-state index in [1.54, 1.807) is 11.3 Å². The van der Waals surface area contributed by atoms with Crippen molar-refractivity contribution in [1.82, 2.24) is 15.2 Å². The fourth-order valence-corrected chi connectivity index (χ4v) is 3.23. The summed E-state index contributed by atoms with van der Waals surface area (Å²) in [6, 6.07) is 0. The summed E-state index contributed by atoms with van der Waals surface area (Å²) in [7, 11) is 0. The number of hydrogen-bond acceptors (Lipinski definition) is 4. The summed E-state index contributed by atoms with van der Waals surface area (Å²) >= 11 is 1.76. The molecule has 1 aromatic rings. The van der Waals surface area contributed by atoms with Crippen LogP contribution in [0.2, 0.25) is 0 Å². The number of thiazole rings is 1. The van der Waals surface area contributed by atoms with Crippen LogP contribution >= 0.6 is 11.3 Å². The molecule has 1 unspecified atom stereocenters. The lowest BCUT2D eigenvalue weighted by Gasteiger charge is -2.34. The second kappa shape index (κ2) is 6.33. The molecule has 1 N–H and O–H groups in total. The number of nitrogens with zero attached hydrogens (tertiary/aromatic N) is 2. The van der Waals surface area contributed by atoms with Crippen LogP contribution in [0.4, 0.5) is 0 Å². The zero-order valence-electron chi connectivity index (χ0n) is 12.7. The summed E-state index contributed by atoms with van der Waals surface area (Å²) in [5.41, 5.74) is 1.47. The highest BCUT2D eigenvalue weighted by Crippen LogP contribution is 2.19. The number of nitrogens with one attached hydrogen (secondary N) is 1. The number of piperidine rings is 1. The Kier molecular flexibility index (Phi) is 4.98. The molecule has 0 aromatic carbocycles. The minimum absolute atomic E-state index is 0.230. The highest BCUT2D eigenvalue weighted by molar-refractivity contribution is 7.09. The molecule has 19 heavy (non-hydrogen) atoms. The Balaban J connectivity index is 1.80. The van der Waals surface area contributed by atoms with Crippen molar-refractivity contribution in [2.24, 2.45) is 5.92 Å². The standard InChI is InChI=1S/C15H27N3S/c1-12-17-14(11-19-12)10-18-7-5-6-13(9-18)8-16-15(2,3)4/h11,13,16H,5-10H2,1-4H3. The molecule has 1 fully saturated rings. The monoisotopic (exact) mass is 281 g/mol. The van der Waals surface area contributed by atoms with Crippen molar-refractivity contribution in [3.63, 3.8) is 0 Å². The summed E-state index contributed by atoms with van der Waals surface area (Å²) in [6.07, 6.45) is 2.68. The van der Waals surface area contributed by atoms with Crippen LogP contribution in [0, 0.1) is 12.8 Å². The van der Waals surface area contributed by atoms with E-state index < -0.39 is 0 Å². The van der Waals surface area contributed by atoms with Gasteiger partial charge in [-0.15, -0.1) is 11.3 Å². The van der Waals surface area contributed by atoms with E-state index in [1.165, 1.54) is 36.6 Å². The van der Waals surface area contributed by atoms with Gasteiger partial charge in [0.1, 0.15) is 0 Å². The van der Waals surface area contributed by atoms with Gasteiger partial charge in [0.25, 0.3) is 0 Å². The van der Waals surface area contributed by atoms with Crippen molar-refractivity contribution in [2.75, 3.05) is 19.6 Å². The molecule has 0 aliphatic carbocycles. The largest absolute Gasteiger partial charge is 0.312 e. The maximum atomic E-state index is 4.58. The molecule has 3 nitrogen and oxygen atoms in total. The highest BCUT2D eigenvalue weighted by Gasteiger charge is 2.21. The Morgan fingerprint density at radius 1 is 1.47 bits per heavy atom. The second-order valence-corrected chi connectivity index (χ2v) is 7.79. The fourth-order valence-electron chi connectivity index (χ4n) is 2.62. The predicted molar refractivity (Wildman–Crippen MR) is 82.6 cm³/mol. The normalized spacial score (nSPS) is 21.8. The maximum absolute atomic E-state index is 4.58. The number of hydrogen-bond donors (Lipinski definition) is 1. The Morgan fingerprint density at radius 3 is 2.89 bits per heavy atom. The summed E-state index contributed by atoms with van der Waals surface area (Å²) in [6.45, 7) is 13.4. The molecule has 1 atom stereocenters. The van der Waals surface area contributed by atoms with Gasteiger partial charge in [-0.3, -0.25) is 4.90 Å².